The Kier molecular flexibility index (Phi) is 8.73. The van der Waals surface area contributed by atoms with Gasteiger partial charge in [0.05, 0.1) is 19.5 Å². The van der Waals surface area contributed by atoms with Crippen LogP contribution in [0, 0.1) is 0 Å². The van der Waals surface area contributed by atoms with Gasteiger partial charge >= 0.3 is 0 Å². The molecular formula is C23H31NO4S. The molecule has 0 fully saturated rings. The number of methoxy groups -OCH3 is 2. The first-order chi connectivity index (χ1) is 13.9. The van der Waals surface area contributed by atoms with Gasteiger partial charge in [0.1, 0.15) is 11.5 Å². The lowest BCUT2D eigenvalue weighted by Gasteiger charge is -2.27. The summed E-state index contributed by atoms with van der Waals surface area (Å²) in [6.07, 6.45) is 3.59. The number of ether oxygens (including phenoxy) is 2. The summed E-state index contributed by atoms with van der Waals surface area (Å²) in [4.78, 5) is 0. The zero-order chi connectivity index (χ0) is 21.3. The van der Waals surface area contributed by atoms with Crippen molar-refractivity contribution in [3.05, 3.63) is 72.3 Å². The third-order valence-electron chi connectivity index (χ3n) is 4.97. The number of sulfonamides is 1. The fourth-order valence-electron chi connectivity index (χ4n) is 3.18. The van der Waals surface area contributed by atoms with Crippen LogP contribution in [0.25, 0.3) is 0 Å². The molecule has 0 heterocycles. The van der Waals surface area contributed by atoms with Gasteiger partial charge in [-0.3, -0.25) is 0 Å². The van der Waals surface area contributed by atoms with Crippen LogP contribution in [-0.2, 0) is 23.1 Å². The Morgan fingerprint density at radius 2 is 1.38 bits per heavy atom. The summed E-state index contributed by atoms with van der Waals surface area (Å²) >= 11 is 0. The van der Waals surface area contributed by atoms with Crippen molar-refractivity contribution < 1.29 is 17.9 Å². The van der Waals surface area contributed by atoms with Gasteiger partial charge in [-0.25, -0.2) is 8.42 Å². The number of hydrogen-bond donors (Lipinski definition) is 0. The third kappa shape index (κ3) is 6.34. The van der Waals surface area contributed by atoms with Crippen molar-refractivity contribution in [2.45, 2.75) is 44.5 Å². The Morgan fingerprint density at radius 1 is 0.931 bits per heavy atom. The minimum Gasteiger partial charge on any atom is -0.497 e. The normalized spacial score (nSPS) is 12.6. The maximum Gasteiger partial charge on any atom is 0.217 e. The average molecular weight is 418 g/mol. The van der Waals surface area contributed by atoms with Gasteiger partial charge in [0.2, 0.25) is 10.0 Å². The third-order valence-corrected chi connectivity index (χ3v) is 7.35. The standard InChI is InChI=1S/C23H31NO4S/c1-5-7-8-23(6-2)29(25,26)24(17-19-9-13-21(27-3)14-10-19)18-20-11-15-22(28-4)16-12-20/h5,9-16,23H,1,6-8,17-18H2,2-4H3/t23-/m1/s1. The molecule has 5 nitrogen and oxygen atoms in total. The van der Waals surface area contributed by atoms with E-state index in [-0.39, 0.29) is 0 Å². The molecule has 6 heteroatoms. The van der Waals surface area contributed by atoms with Crippen molar-refractivity contribution in [1.82, 2.24) is 4.31 Å². The Morgan fingerprint density at radius 3 is 1.72 bits per heavy atom. The molecule has 0 aliphatic rings. The minimum absolute atomic E-state index is 0.308. The van der Waals surface area contributed by atoms with Crippen LogP contribution in [0.3, 0.4) is 0 Å². The molecule has 2 rings (SSSR count). The van der Waals surface area contributed by atoms with E-state index in [9.17, 15) is 8.42 Å². The molecule has 0 saturated carbocycles. The zero-order valence-corrected chi connectivity index (χ0v) is 18.3. The molecule has 0 unspecified atom stereocenters. The molecule has 0 saturated heterocycles. The fourth-order valence-corrected chi connectivity index (χ4v) is 5.12. The van der Waals surface area contributed by atoms with Gasteiger partial charge in [-0.2, -0.15) is 4.31 Å². The fraction of sp³-hybridized carbons (Fsp3) is 0.391. The molecule has 0 amide bonds. The van der Waals surface area contributed by atoms with Crippen molar-refractivity contribution in [3.8, 4) is 11.5 Å². The van der Waals surface area contributed by atoms with E-state index in [0.717, 1.165) is 22.6 Å². The molecule has 1 atom stereocenters. The van der Waals surface area contributed by atoms with Gasteiger partial charge in [0.25, 0.3) is 0 Å². The molecule has 0 N–H and O–H groups in total. The topological polar surface area (TPSA) is 55.8 Å². The molecule has 2 aromatic carbocycles. The van der Waals surface area contributed by atoms with Crippen LogP contribution in [0.2, 0.25) is 0 Å². The van der Waals surface area contributed by atoms with Crippen LogP contribution in [-0.4, -0.2) is 32.2 Å². The molecular weight excluding hydrogens is 386 g/mol. The first kappa shape index (κ1) is 23.0. The van der Waals surface area contributed by atoms with E-state index in [1.807, 2.05) is 55.5 Å². The molecule has 0 radical (unpaired) electrons. The summed E-state index contributed by atoms with van der Waals surface area (Å²) in [5.74, 6) is 1.49. The van der Waals surface area contributed by atoms with Crippen LogP contribution in [0.15, 0.2) is 61.2 Å². The van der Waals surface area contributed by atoms with E-state index in [1.165, 1.54) is 0 Å². The van der Waals surface area contributed by atoms with Crippen LogP contribution < -0.4 is 9.47 Å². The molecule has 0 bridgehead atoms. The SMILES string of the molecule is C=CCC[C@@H](CC)S(=O)(=O)N(Cc1ccc(OC)cc1)Cc1ccc(OC)cc1. The molecule has 0 spiro atoms. The lowest BCUT2D eigenvalue weighted by molar-refractivity contribution is 0.388. The monoisotopic (exact) mass is 417 g/mol. The molecule has 0 aliphatic heterocycles. The highest BCUT2D eigenvalue weighted by molar-refractivity contribution is 7.89. The second kappa shape index (κ2) is 11.0. The largest absolute Gasteiger partial charge is 0.497 e. The smallest absolute Gasteiger partial charge is 0.217 e. The van der Waals surface area contributed by atoms with E-state index in [1.54, 1.807) is 24.6 Å². The summed E-state index contributed by atoms with van der Waals surface area (Å²) in [6, 6.07) is 15.0. The van der Waals surface area contributed by atoms with E-state index < -0.39 is 15.3 Å². The van der Waals surface area contributed by atoms with Gasteiger partial charge < -0.3 is 9.47 Å². The average Bonchev–Trinajstić information content (AvgIpc) is 2.74. The Hall–Kier alpha value is -2.31. The summed E-state index contributed by atoms with van der Waals surface area (Å²) in [6.45, 7) is 6.27. The number of rotatable bonds is 12. The first-order valence-corrected chi connectivity index (χ1v) is 11.3. The molecule has 158 valence electrons. The Balaban J connectivity index is 2.32. The molecule has 29 heavy (non-hydrogen) atoms. The summed E-state index contributed by atoms with van der Waals surface area (Å²) in [5, 5.41) is -0.433. The Labute approximate surface area is 175 Å². The van der Waals surface area contributed by atoms with Crippen molar-refractivity contribution in [2.75, 3.05) is 14.2 Å². The van der Waals surface area contributed by atoms with Gasteiger partial charge in [-0.15, -0.1) is 6.58 Å². The number of benzene rings is 2. The molecule has 0 aromatic heterocycles. The number of nitrogens with zero attached hydrogens (tertiary/aromatic N) is 1. The van der Waals surface area contributed by atoms with Crippen molar-refractivity contribution in [3.63, 3.8) is 0 Å². The lowest BCUT2D eigenvalue weighted by atomic mass is 10.2. The Bertz CT molecular complexity index is 811. The van der Waals surface area contributed by atoms with Crippen LogP contribution in [0.5, 0.6) is 11.5 Å². The molecule has 0 aliphatic carbocycles. The number of hydrogen-bond acceptors (Lipinski definition) is 4. The maximum absolute atomic E-state index is 13.5. The van der Waals surface area contributed by atoms with E-state index >= 15 is 0 Å². The van der Waals surface area contributed by atoms with E-state index in [2.05, 4.69) is 6.58 Å². The van der Waals surface area contributed by atoms with Crippen molar-refractivity contribution in [1.29, 1.82) is 0 Å². The maximum atomic E-state index is 13.5. The predicted octanol–water partition coefficient (Wildman–Crippen LogP) is 4.78. The molecule has 2 aromatic rings. The second-order valence-electron chi connectivity index (χ2n) is 6.91. The van der Waals surface area contributed by atoms with E-state index in [4.69, 9.17) is 9.47 Å². The highest BCUT2D eigenvalue weighted by Crippen LogP contribution is 2.24. The zero-order valence-electron chi connectivity index (χ0n) is 17.5. The second-order valence-corrected chi connectivity index (χ2v) is 9.12. The van der Waals surface area contributed by atoms with Gasteiger partial charge in [-0.1, -0.05) is 37.3 Å². The quantitative estimate of drug-likeness (QED) is 0.466. The number of allylic oxidation sites excluding steroid dienone is 1. The minimum atomic E-state index is -3.49. The van der Waals surface area contributed by atoms with Crippen LogP contribution in [0.4, 0.5) is 0 Å². The lowest BCUT2D eigenvalue weighted by Crippen LogP contribution is -2.37. The summed E-state index contributed by atoms with van der Waals surface area (Å²) < 4.78 is 38.9. The highest BCUT2D eigenvalue weighted by Gasteiger charge is 2.30. The summed E-state index contributed by atoms with van der Waals surface area (Å²) in [7, 11) is -0.266. The van der Waals surface area contributed by atoms with Gasteiger partial charge in [0, 0.05) is 13.1 Å². The van der Waals surface area contributed by atoms with Gasteiger partial charge in [-0.05, 0) is 54.7 Å². The predicted molar refractivity (Wildman–Crippen MR) is 118 cm³/mol. The van der Waals surface area contributed by atoms with Gasteiger partial charge in [0.15, 0.2) is 0 Å². The van der Waals surface area contributed by atoms with Crippen LogP contribution >= 0.6 is 0 Å². The van der Waals surface area contributed by atoms with Crippen LogP contribution in [0.1, 0.15) is 37.3 Å². The van der Waals surface area contributed by atoms with E-state index in [0.29, 0.717) is 32.4 Å². The highest BCUT2D eigenvalue weighted by atomic mass is 32.2. The van der Waals surface area contributed by atoms with Crippen molar-refractivity contribution in [2.24, 2.45) is 0 Å². The van der Waals surface area contributed by atoms with Crippen molar-refractivity contribution >= 4 is 10.0 Å². The summed E-state index contributed by atoms with van der Waals surface area (Å²) in [5.41, 5.74) is 1.84. The first-order valence-electron chi connectivity index (χ1n) is 9.80.